The molecule has 2 aromatic carbocycles. The summed E-state index contributed by atoms with van der Waals surface area (Å²) in [5, 5.41) is 2.53. The van der Waals surface area contributed by atoms with Gasteiger partial charge in [-0.3, -0.25) is 4.79 Å². The number of hydrogen-bond acceptors (Lipinski definition) is 5. The fourth-order valence-corrected chi connectivity index (χ4v) is 4.68. The number of carbonyl (C=O) groups excluding carboxylic acids is 2. The molecule has 0 spiro atoms. The number of nitrogens with zero attached hydrogens (tertiary/aromatic N) is 1. The Bertz CT molecular complexity index is 1130. The predicted molar refractivity (Wildman–Crippen MR) is 120 cm³/mol. The molecule has 9 heteroatoms. The van der Waals surface area contributed by atoms with E-state index in [1.807, 2.05) is 0 Å². The number of ether oxygens (including phenoxy) is 1. The Kier molecular flexibility index (Phi) is 6.59. The molecule has 1 fully saturated rings. The Labute approximate surface area is 187 Å². The molecule has 0 aliphatic carbocycles. The van der Waals surface area contributed by atoms with E-state index in [0.29, 0.717) is 18.4 Å². The van der Waals surface area contributed by atoms with Crippen LogP contribution in [0.5, 0.6) is 0 Å². The molecule has 0 aromatic heterocycles. The van der Waals surface area contributed by atoms with Gasteiger partial charge in [0.2, 0.25) is 5.91 Å². The Hall–Kier alpha value is -2.94. The molecular formula is C23H27FN2O5S. The number of sulfone groups is 1. The number of alkyl carbamates (subject to hydrolysis) is 1. The first-order valence-corrected chi connectivity index (χ1v) is 12.2. The maximum Gasteiger partial charge on any atom is 0.408 e. The van der Waals surface area contributed by atoms with Crippen molar-refractivity contribution in [3.05, 3.63) is 48.3 Å². The van der Waals surface area contributed by atoms with E-state index >= 15 is 4.39 Å². The number of anilines is 1. The van der Waals surface area contributed by atoms with Crippen LogP contribution in [0.25, 0.3) is 11.1 Å². The van der Waals surface area contributed by atoms with Crippen LogP contribution in [0, 0.1) is 5.82 Å². The van der Waals surface area contributed by atoms with E-state index in [-0.39, 0.29) is 17.8 Å². The topological polar surface area (TPSA) is 92.8 Å². The average molecular weight is 463 g/mol. The van der Waals surface area contributed by atoms with Gasteiger partial charge in [-0.1, -0.05) is 36.4 Å². The zero-order valence-electron chi connectivity index (χ0n) is 18.5. The van der Waals surface area contributed by atoms with E-state index in [2.05, 4.69) is 5.32 Å². The fraction of sp³-hybridized carbons (Fsp3) is 0.391. The highest BCUT2D eigenvalue weighted by atomic mass is 32.2. The van der Waals surface area contributed by atoms with E-state index in [1.54, 1.807) is 51.1 Å². The van der Waals surface area contributed by atoms with Crippen molar-refractivity contribution < 1.29 is 27.1 Å². The normalized spacial score (nSPS) is 17.2. The maximum absolute atomic E-state index is 15.6. The lowest BCUT2D eigenvalue weighted by Gasteiger charge is -2.33. The number of hydrogen-bond donors (Lipinski definition) is 1. The fourth-order valence-electron chi connectivity index (χ4n) is 3.66. The second-order valence-electron chi connectivity index (χ2n) is 8.74. The minimum Gasteiger partial charge on any atom is -0.444 e. The van der Waals surface area contributed by atoms with Gasteiger partial charge in [0.15, 0.2) is 15.7 Å². The molecule has 7 nitrogen and oxygen atoms in total. The van der Waals surface area contributed by atoms with Gasteiger partial charge in [0.25, 0.3) is 0 Å². The smallest absolute Gasteiger partial charge is 0.408 e. The predicted octanol–water partition coefficient (Wildman–Crippen LogP) is 3.92. The van der Waals surface area contributed by atoms with Gasteiger partial charge in [0, 0.05) is 18.4 Å². The molecule has 3 rings (SSSR count). The molecule has 1 saturated heterocycles. The van der Waals surface area contributed by atoms with E-state index in [0.717, 1.165) is 6.26 Å². The van der Waals surface area contributed by atoms with Crippen LogP contribution in [-0.2, 0) is 19.4 Å². The Morgan fingerprint density at radius 1 is 1.16 bits per heavy atom. The zero-order valence-corrected chi connectivity index (χ0v) is 19.3. The van der Waals surface area contributed by atoms with Crippen molar-refractivity contribution in [2.45, 2.75) is 50.2 Å². The summed E-state index contributed by atoms with van der Waals surface area (Å²) >= 11 is 0. The van der Waals surface area contributed by atoms with E-state index in [4.69, 9.17) is 4.74 Å². The summed E-state index contributed by atoms with van der Waals surface area (Å²) in [4.78, 5) is 25.9. The number of nitrogens with one attached hydrogen (secondary N) is 1. The van der Waals surface area contributed by atoms with E-state index < -0.39 is 44.2 Å². The molecule has 172 valence electrons. The van der Waals surface area contributed by atoms with Crippen LogP contribution in [0.2, 0.25) is 0 Å². The second-order valence-corrected chi connectivity index (χ2v) is 10.7. The standard InChI is InChI=1S/C23H27FN2O5S/c1-23(2,3)31-22(28)25-17-11-8-14-26(21(17)27)18-13-12-16(15-9-6-5-7-10-15)20(19(18)24)32(4,29)30/h5-7,9-10,12-13,17H,8,11,14H2,1-4H3,(H,25,28). The molecule has 0 radical (unpaired) electrons. The molecule has 1 unspecified atom stereocenters. The molecule has 1 N–H and O–H groups in total. The summed E-state index contributed by atoms with van der Waals surface area (Å²) < 4.78 is 45.8. The summed E-state index contributed by atoms with van der Waals surface area (Å²) in [6.45, 7) is 5.32. The van der Waals surface area contributed by atoms with E-state index in [1.165, 1.54) is 17.0 Å². The minimum atomic E-state index is -3.95. The van der Waals surface area contributed by atoms with Gasteiger partial charge in [0.1, 0.15) is 16.5 Å². The van der Waals surface area contributed by atoms with Gasteiger partial charge in [0.05, 0.1) is 5.69 Å². The van der Waals surface area contributed by atoms with Crippen LogP contribution in [-0.4, -0.2) is 44.9 Å². The summed E-state index contributed by atoms with van der Waals surface area (Å²) in [5.74, 6) is -1.51. The minimum absolute atomic E-state index is 0.134. The highest BCUT2D eigenvalue weighted by Crippen LogP contribution is 2.36. The van der Waals surface area contributed by atoms with Crippen LogP contribution < -0.4 is 10.2 Å². The number of piperidine rings is 1. The van der Waals surface area contributed by atoms with Gasteiger partial charge in [-0.05, 0) is 45.2 Å². The third kappa shape index (κ3) is 5.27. The monoisotopic (exact) mass is 462 g/mol. The number of halogens is 1. The number of benzene rings is 2. The van der Waals surface area contributed by atoms with Gasteiger partial charge >= 0.3 is 6.09 Å². The lowest BCUT2D eigenvalue weighted by molar-refractivity contribution is -0.121. The Morgan fingerprint density at radius 3 is 2.41 bits per heavy atom. The van der Waals surface area contributed by atoms with Gasteiger partial charge < -0.3 is 15.0 Å². The van der Waals surface area contributed by atoms with Crippen molar-refractivity contribution >= 4 is 27.5 Å². The molecular weight excluding hydrogens is 435 g/mol. The first-order chi connectivity index (χ1) is 14.9. The van der Waals surface area contributed by atoms with Gasteiger partial charge in [-0.2, -0.15) is 0 Å². The maximum atomic E-state index is 15.6. The molecule has 1 aliphatic rings. The number of carbonyl (C=O) groups is 2. The first kappa shape index (κ1) is 23.7. The number of rotatable bonds is 4. The van der Waals surface area contributed by atoms with Crippen molar-refractivity contribution in [1.29, 1.82) is 0 Å². The van der Waals surface area contributed by atoms with Crippen molar-refractivity contribution in [2.75, 3.05) is 17.7 Å². The third-order valence-corrected chi connectivity index (χ3v) is 6.09. The molecule has 1 aliphatic heterocycles. The largest absolute Gasteiger partial charge is 0.444 e. The van der Waals surface area contributed by atoms with Gasteiger partial charge in [-0.15, -0.1) is 0 Å². The summed E-state index contributed by atoms with van der Waals surface area (Å²) in [7, 11) is -3.95. The lowest BCUT2D eigenvalue weighted by Crippen LogP contribution is -2.53. The average Bonchev–Trinajstić information content (AvgIpc) is 2.68. The molecule has 0 bridgehead atoms. The van der Waals surface area contributed by atoms with Crippen LogP contribution in [0.1, 0.15) is 33.6 Å². The van der Waals surface area contributed by atoms with Crippen LogP contribution in [0.3, 0.4) is 0 Å². The van der Waals surface area contributed by atoms with Crippen LogP contribution in [0.4, 0.5) is 14.9 Å². The summed E-state index contributed by atoms with van der Waals surface area (Å²) in [6, 6.07) is 10.6. The van der Waals surface area contributed by atoms with Gasteiger partial charge in [-0.25, -0.2) is 17.6 Å². The van der Waals surface area contributed by atoms with Crippen molar-refractivity contribution in [3.8, 4) is 11.1 Å². The second kappa shape index (κ2) is 8.90. The highest BCUT2D eigenvalue weighted by molar-refractivity contribution is 7.90. The van der Waals surface area contributed by atoms with Crippen LogP contribution >= 0.6 is 0 Å². The van der Waals surface area contributed by atoms with Crippen molar-refractivity contribution in [1.82, 2.24) is 5.32 Å². The zero-order chi connectivity index (χ0) is 23.7. The molecule has 2 amide bonds. The van der Waals surface area contributed by atoms with Crippen LogP contribution in [0.15, 0.2) is 47.4 Å². The van der Waals surface area contributed by atoms with Crippen molar-refractivity contribution in [3.63, 3.8) is 0 Å². The molecule has 1 heterocycles. The Balaban J connectivity index is 1.97. The lowest BCUT2D eigenvalue weighted by atomic mass is 10.0. The Morgan fingerprint density at radius 2 is 1.81 bits per heavy atom. The molecule has 2 aromatic rings. The highest BCUT2D eigenvalue weighted by Gasteiger charge is 2.35. The first-order valence-electron chi connectivity index (χ1n) is 10.3. The molecule has 1 atom stereocenters. The molecule has 0 saturated carbocycles. The van der Waals surface area contributed by atoms with Crippen molar-refractivity contribution in [2.24, 2.45) is 0 Å². The molecule has 32 heavy (non-hydrogen) atoms. The quantitative estimate of drug-likeness (QED) is 0.744. The summed E-state index contributed by atoms with van der Waals surface area (Å²) in [5.41, 5.74) is -0.0912. The van der Waals surface area contributed by atoms with E-state index in [9.17, 15) is 18.0 Å². The SMILES string of the molecule is CC(C)(C)OC(=O)NC1CCCN(c2ccc(-c3ccccc3)c(S(C)(=O)=O)c2F)C1=O. The number of amides is 2. The summed E-state index contributed by atoms with van der Waals surface area (Å²) in [6.07, 6.45) is 1.07. The third-order valence-electron chi connectivity index (χ3n) is 4.95.